The molecule has 0 spiro atoms. The van der Waals surface area contributed by atoms with Crippen molar-refractivity contribution >= 4 is 10.0 Å². The highest BCUT2D eigenvalue weighted by Crippen LogP contribution is 2.17. The first-order chi connectivity index (χ1) is 10.0. The molecule has 0 amide bonds. The van der Waals surface area contributed by atoms with E-state index in [0.717, 1.165) is 17.7 Å². The van der Waals surface area contributed by atoms with Crippen LogP contribution >= 0.6 is 0 Å². The molecular weight excluding hydrogens is 288 g/mol. The largest absolute Gasteiger partial charge is 0.472 e. The minimum Gasteiger partial charge on any atom is -0.472 e. The predicted octanol–water partition coefficient (Wildman–Crippen LogP) is 2.43. The van der Waals surface area contributed by atoms with Gasteiger partial charge in [0.1, 0.15) is 0 Å². The Morgan fingerprint density at radius 1 is 1.29 bits per heavy atom. The summed E-state index contributed by atoms with van der Waals surface area (Å²) in [6.07, 6.45) is 3.04. The molecular formula is C15H20N2O3S. The van der Waals surface area contributed by atoms with Crippen LogP contribution in [0.5, 0.6) is 0 Å². The summed E-state index contributed by atoms with van der Waals surface area (Å²) in [5.41, 5.74) is 1.73. The molecule has 1 aromatic carbocycles. The Bertz CT molecular complexity index is 666. The summed E-state index contributed by atoms with van der Waals surface area (Å²) in [5.74, 6) is 0. The van der Waals surface area contributed by atoms with Crippen molar-refractivity contribution in [1.29, 1.82) is 0 Å². The molecule has 114 valence electrons. The van der Waals surface area contributed by atoms with Gasteiger partial charge in [-0.25, -0.2) is 13.1 Å². The molecule has 0 aliphatic heterocycles. The van der Waals surface area contributed by atoms with E-state index in [0.29, 0.717) is 0 Å². The van der Waals surface area contributed by atoms with Crippen molar-refractivity contribution in [2.24, 2.45) is 0 Å². The topological polar surface area (TPSA) is 71.3 Å². The Labute approximate surface area is 125 Å². The highest BCUT2D eigenvalue weighted by molar-refractivity contribution is 7.89. The quantitative estimate of drug-likeness (QED) is 0.824. The van der Waals surface area contributed by atoms with E-state index in [1.54, 1.807) is 24.3 Å². The van der Waals surface area contributed by atoms with Gasteiger partial charge in [-0.05, 0) is 37.2 Å². The second-order valence-corrected chi connectivity index (χ2v) is 6.57. The van der Waals surface area contributed by atoms with Crippen LogP contribution in [0.25, 0.3) is 0 Å². The fourth-order valence-corrected chi connectivity index (χ4v) is 3.10. The Kier molecular flexibility index (Phi) is 5.17. The zero-order valence-electron chi connectivity index (χ0n) is 12.2. The summed E-state index contributed by atoms with van der Waals surface area (Å²) in [4.78, 5) is 0.272. The summed E-state index contributed by atoms with van der Waals surface area (Å²) in [7, 11) is -3.53. The highest BCUT2D eigenvalue weighted by Gasteiger charge is 2.15. The first kappa shape index (κ1) is 15.8. The summed E-state index contributed by atoms with van der Waals surface area (Å²) in [6, 6.07) is 8.81. The molecule has 0 radical (unpaired) electrons. The Hall–Kier alpha value is -1.63. The van der Waals surface area contributed by atoms with Crippen LogP contribution in [-0.2, 0) is 16.6 Å². The van der Waals surface area contributed by atoms with E-state index in [1.807, 2.05) is 19.9 Å². The van der Waals surface area contributed by atoms with Crippen LogP contribution in [0.2, 0.25) is 0 Å². The Morgan fingerprint density at radius 2 is 2.10 bits per heavy atom. The van der Waals surface area contributed by atoms with Gasteiger partial charge in [-0.15, -0.1) is 0 Å². The van der Waals surface area contributed by atoms with E-state index in [-0.39, 0.29) is 17.5 Å². The molecule has 0 saturated heterocycles. The molecule has 1 heterocycles. The monoisotopic (exact) mass is 308 g/mol. The molecule has 2 rings (SSSR count). The lowest BCUT2D eigenvalue weighted by Gasteiger charge is -2.14. The van der Waals surface area contributed by atoms with Crippen molar-refractivity contribution < 1.29 is 12.8 Å². The lowest BCUT2D eigenvalue weighted by Crippen LogP contribution is -2.23. The molecule has 6 heteroatoms. The van der Waals surface area contributed by atoms with Crippen LogP contribution in [-0.4, -0.2) is 15.0 Å². The van der Waals surface area contributed by atoms with Crippen LogP contribution in [0.3, 0.4) is 0 Å². The van der Waals surface area contributed by atoms with E-state index >= 15 is 0 Å². The molecule has 1 unspecified atom stereocenters. The molecule has 21 heavy (non-hydrogen) atoms. The van der Waals surface area contributed by atoms with Gasteiger partial charge in [0, 0.05) is 18.2 Å². The Morgan fingerprint density at radius 3 is 2.76 bits per heavy atom. The number of sulfonamides is 1. The molecule has 0 bridgehead atoms. The van der Waals surface area contributed by atoms with Crippen molar-refractivity contribution in [2.75, 3.05) is 6.54 Å². The molecule has 2 N–H and O–H groups in total. The standard InChI is InChI=1S/C15H20N2O3S/c1-3-16-12(2)14-5-4-6-15(9-14)21(18,19)17-10-13-7-8-20-11-13/h4-9,11-12,16-17H,3,10H2,1-2H3. The van der Waals surface area contributed by atoms with Gasteiger partial charge in [0.25, 0.3) is 0 Å². The second kappa shape index (κ2) is 6.89. The number of hydrogen-bond donors (Lipinski definition) is 2. The van der Waals surface area contributed by atoms with Crippen LogP contribution in [0, 0.1) is 0 Å². The summed E-state index contributed by atoms with van der Waals surface area (Å²) >= 11 is 0. The third-order valence-electron chi connectivity index (χ3n) is 3.23. The summed E-state index contributed by atoms with van der Waals surface area (Å²) < 4.78 is 32.1. The van der Waals surface area contributed by atoms with E-state index in [2.05, 4.69) is 10.0 Å². The van der Waals surface area contributed by atoms with Gasteiger partial charge in [-0.1, -0.05) is 19.1 Å². The SMILES string of the molecule is CCNC(C)c1cccc(S(=O)(=O)NCc2ccoc2)c1. The van der Waals surface area contributed by atoms with Crippen molar-refractivity contribution in [2.45, 2.75) is 31.3 Å². The number of rotatable bonds is 7. The first-order valence-electron chi connectivity index (χ1n) is 6.87. The lowest BCUT2D eigenvalue weighted by molar-refractivity contribution is 0.561. The average Bonchev–Trinajstić information content (AvgIpc) is 2.99. The molecule has 0 saturated carbocycles. The molecule has 2 aromatic rings. The molecule has 0 fully saturated rings. The van der Waals surface area contributed by atoms with Gasteiger partial charge < -0.3 is 9.73 Å². The third kappa shape index (κ3) is 4.17. The number of hydrogen-bond acceptors (Lipinski definition) is 4. The highest BCUT2D eigenvalue weighted by atomic mass is 32.2. The third-order valence-corrected chi connectivity index (χ3v) is 4.62. The molecule has 0 aliphatic carbocycles. The first-order valence-corrected chi connectivity index (χ1v) is 8.35. The van der Waals surface area contributed by atoms with E-state index in [4.69, 9.17) is 4.42 Å². The smallest absolute Gasteiger partial charge is 0.240 e. The summed E-state index contributed by atoms with van der Waals surface area (Å²) in [5, 5.41) is 3.27. The average molecular weight is 308 g/mol. The molecule has 1 aromatic heterocycles. The van der Waals surface area contributed by atoms with Crippen molar-refractivity contribution in [3.05, 3.63) is 54.0 Å². The van der Waals surface area contributed by atoms with Crippen molar-refractivity contribution in [1.82, 2.24) is 10.0 Å². The summed E-state index contributed by atoms with van der Waals surface area (Å²) in [6.45, 7) is 5.07. The molecule has 1 atom stereocenters. The van der Waals surface area contributed by atoms with Gasteiger partial charge >= 0.3 is 0 Å². The number of nitrogens with one attached hydrogen (secondary N) is 2. The predicted molar refractivity (Wildman–Crippen MR) is 81.3 cm³/mol. The fraction of sp³-hybridized carbons (Fsp3) is 0.333. The van der Waals surface area contributed by atoms with Crippen LogP contribution in [0.1, 0.15) is 31.0 Å². The zero-order chi connectivity index (χ0) is 15.3. The minimum atomic E-state index is -3.53. The maximum atomic E-state index is 12.3. The van der Waals surface area contributed by atoms with E-state index < -0.39 is 10.0 Å². The maximum absolute atomic E-state index is 12.3. The van der Waals surface area contributed by atoms with Gasteiger partial charge in [0.05, 0.1) is 17.4 Å². The fourth-order valence-electron chi connectivity index (χ4n) is 2.03. The normalized spacial score (nSPS) is 13.2. The van der Waals surface area contributed by atoms with E-state index in [9.17, 15) is 8.42 Å². The van der Waals surface area contributed by atoms with E-state index in [1.165, 1.54) is 12.5 Å². The molecule has 0 aliphatic rings. The Balaban J connectivity index is 2.14. The van der Waals surface area contributed by atoms with Crippen LogP contribution in [0.15, 0.2) is 52.2 Å². The number of benzene rings is 1. The van der Waals surface area contributed by atoms with Crippen molar-refractivity contribution in [3.63, 3.8) is 0 Å². The zero-order valence-corrected chi connectivity index (χ0v) is 13.0. The number of furan rings is 1. The van der Waals surface area contributed by atoms with Crippen LogP contribution in [0.4, 0.5) is 0 Å². The second-order valence-electron chi connectivity index (χ2n) is 4.81. The molecule has 5 nitrogen and oxygen atoms in total. The van der Waals surface area contributed by atoms with Gasteiger partial charge in [0.15, 0.2) is 0 Å². The lowest BCUT2D eigenvalue weighted by atomic mass is 10.1. The van der Waals surface area contributed by atoms with Crippen molar-refractivity contribution in [3.8, 4) is 0 Å². The maximum Gasteiger partial charge on any atom is 0.240 e. The van der Waals surface area contributed by atoms with Gasteiger partial charge in [-0.3, -0.25) is 0 Å². The van der Waals surface area contributed by atoms with Crippen LogP contribution < -0.4 is 10.0 Å². The minimum absolute atomic E-state index is 0.110. The van der Waals surface area contributed by atoms with Gasteiger partial charge in [-0.2, -0.15) is 0 Å². The van der Waals surface area contributed by atoms with Gasteiger partial charge in [0.2, 0.25) is 10.0 Å².